The minimum absolute atomic E-state index is 0. The van der Waals surface area contributed by atoms with Crippen LogP contribution < -0.4 is 0 Å². The molecule has 0 saturated heterocycles. The SMILES string of the molecule is Cc1cc2ncc(-c3c[c-]ccc3)n2cn1.[CH3-].[Y+3]. The van der Waals surface area contributed by atoms with Gasteiger partial charge in [-0.1, -0.05) is 0 Å². The van der Waals surface area contributed by atoms with Gasteiger partial charge in [0.25, 0.3) is 0 Å². The van der Waals surface area contributed by atoms with Gasteiger partial charge in [0.2, 0.25) is 0 Å². The zero-order valence-corrected chi connectivity index (χ0v) is 13.3. The number of aromatic nitrogens is 3. The first-order valence-corrected chi connectivity index (χ1v) is 5.11. The van der Waals surface area contributed by atoms with Crippen LogP contribution in [0.2, 0.25) is 0 Å². The molecule has 0 bridgehead atoms. The van der Waals surface area contributed by atoms with Crippen molar-refractivity contribution >= 4 is 5.65 Å². The van der Waals surface area contributed by atoms with Gasteiger partial charge in [0, 0.05) is 23.7 Å². The number of imidazole rings is 1. The summed E-state index contributed by atoms with van der Waals surface area (Å²) in [6.07, 6.45) is 3.67. The Kier molecular flexibility index (Phi) is 5.18. The van der Waals surface area contributed by atoms with E-state index in [1.165, 1.54) is 0 Å². The molecule has 3 rings (SSSR count). The van der Waals surface area contributed by atoms with Crippen LogP contribution in [-0.4, -0.2) is 14.4 Å². The maximum Gasteiger partial charge on any atom is 3.00 e. The monoisotopic (exact) mass is 312 g/mol. The Morgan fingerprint density at radius 1 is 1.28 bits per heavy atom. The van der Waals surface area contributed by atoms with Gasteiger partial charge >= 0.3 is 32.7 Å². The maximum absolute atomic E-state index is 4.36. The van der Waals surface area contributed by atoms with E-state index in [0.717, 1.165) is 22.6 Å². The van der Waals surface area contributed by atoms with Crippen LogP contribution in [0.25, 0.3) is 16.9 Å². The van der Waals surface area contributed by atoms with E-state index < -0.39 is 0 Å². The van der Waals surface area contributed by atoms with Gasteiger partial charge in [-0.05, 0) is 6.92 Å². The molecule has 3 aromatic rings. The third kappa shape index (κ3) is 2.68. The fourth-order valence-corrected chi connectivity index (χ4v) is 1.74. The minimum Gasteiger partial charge on any atom is -0.358 e. The van der Waals surface area contributed by atoms with Gasteiger partial charge in [-0.3, -0.25) is 4.40 Å². The molecule has 1 aromatic carbocycles. The van der Waals surface area contributed by atoms with Gasteiger partial charge in [0.1, 0.15) is 12.0 Å². The standard InChI is InChI=1S/C13H10N3.CH3.Y/c1-10-7-13-14-8-12(16(13)9-15-10)11-5-3-2-4-6-11;;/h2-3,5-9H,1H3;1H3;/q2*-1;+3. The average Bonchev–Trinajstić information content (AvgIpc) is 2.73. The van der Waals surface area contributed by atoms with Crippen LogP contribution in [0.4, 0.5) is 0 Å². The summed E-state index contributed by atoms with van der Waals surface area (Å²) in [4.78, 5) is 8.64. The van der Waals surface area contributed by atoms with Crippen LogP contribution in [0, 0.1) is 20.4 Å². The van der Waals surface area contributed by atoms with Crippen molar-refractivity contribution in [1.82, 2.24) is 14.4 Å². The Morgan fingerprint density at radius 2 is 2.11 bits per heavy atom. The number of rotatable bonds is 1. The molecule has 0 unspecified atom stereocenters. The van der Waals surface area contributed by atoms with Gasteiger partial charge < -0.3 is 7.43 Å². The second-order valence-electron chi connectivity index (χ2n) is 3.69. The summed E-state index contributed by atoms with van der Waals surface area (Å²) in [6, 6.07) is 12.9. The van der Waals surface area contributed by atoms with E-state index in [-0.39, 0.29) is 40.1 Å². The molecule has 86 valence electrons. The Labute approximate surface area is 132 Å². The Morgan fingerprint density at radius 3 is 2.83 bits per heavy atom. The van der Waals surface area contributed by atoms with Crippen molar-refractivity contribution in [3.8, 4) is 11.3 Å². The van der Waals surface area contributed by atoms with E-state index in [9.17, 15) is 0 Å². The van der Waals surface area contributed by atoms with Crippen LogP contribution in [0.3, 0.4) is 0 Å². The molecule has 0 aliphatic carbocycles. The third-order valence-corrected chi connectivity index (χ3v) is 2.54. The fraction of sp³-hybridized carbons (Fsp3) is 0.0714. The van der Waals surface area contributed by atoms with Gasteiger partial charge in [-0.2, -0.15) is 30.3 Å². The second-order valence-corrected chi connectivity index (χ2v) is 3.69. The molecule has 0 fully saturated rings. The molecule has 0 spiro atoms. The molecule has 0 saturated carbocycles. The topological polar surface area (TPSA) is 30.2 Å². The number of aryl methyl sites for hydroxylation is 1. The quantitative estimate of drug-likeness (QED) is 0.647. The summed E-state index contributed by atoms with van der Waals surface area (Å²) in [5, 5.41) is 0. The maximum atomic E-state index is 4.36. The summed E-state index contributed by atoms with van der Waals surface area (Å²) in [5.41, 5.74) is 4.04. The van der Waals surface area contributed by atoms with Gasteiger partial charge in [-0.15, -0.1) is 5.56 Å². The Hall–Kier alpha value is -1.06. The van der Waals surface area contributed by atoms with E-state index in [1.807, 2.05) is 47.9 Å². The zero-order valence-electron chi connectivity index (χ0n) is 10.5. The van der Waals surface area contributed by atoms with Crippen LogP contribution in [-0.2, 0) is 32.7 Å². The predicted molar refractivity (Wildman–Crippen MR) is 68.4 cm³/mol. The second kappa shape index (κ2) is 6.21. The third-order valence-electron chi connectivity index (χ3n) is 2.54. The first kappa shape index (κ1) is 15.0. The van der Waals surface area contributed by atoms with Crippen LogP contribution in [0.5, 0.6) is 0 Å². The molecule has 0 aliphatic rings. The summed E-state index contributed by atoms with van der Waals surface area (Å²) in [7, 11) is 0. The van der Waals surface area contributed by atoms with Crippen molar-refractivity contribution in [3.05, 3.63) is 62.0 Å². The van der Waals surface area contributed by atoms with Crippen molar-refractivity contribution < 1.29 is 32.7 Å². The molecule has 0 radical (unpaired) electrons. The van der Waals surface area contributed by atoms with Crippen molar-refractivity contribution in [2.24, 2.45) is 0 Å². The summed E-state index contributed by atoms with van der Waals surface area (Å²) >= 11 is 0. The van der Waals surface area contributed by atoms with Gasteiger partial charge in [0.05, 0.1) is 0 Å². The van der Waals surface area contributed by atoms with Crippen molar-refractivity contribution in [1.29, 1.82) is 0 Å². The van der Waals surface area contributed by atoms with Crippen molar-refractivity contribution in [3.63, 3.8) is 0 Å². The summed E-state index contributed by atoms with van der Waals surface area (Å²) < 4.78 is 1.98. The number of fused-ring (bicyclic) bond motifs is 1. The molecule has 0 atom stereocenters. The molecule has 0 amide bonds. The first-order chi connectivity index (χ1) is 7.84. The molecule has 0 aliphatic heterocycles. The van der Waals surface area contributed by atoms with E-state index in [0.29, 0.717) is 0 Å². The number of hydrogen-bond acceptors (Lipinski definition) is 2. The molecule has 4 heteroatoms. The molecular weight excluding hydrogens is 299 g/mol. The molecule has 3 nitrogen and oxygen atoms in total. The number of hydrogen-bond donors (Lipinski definition) is 0. The van der Waals surface area contributed by atoms with E-state index in [4.69, 9.17) is 0 Å². The van der Waals surface area contributed by atoms with E-state index >= 15 is 0 Å². The van der Waals surface area contributed by atoms with Crippen LogP contribution in [0.1, 0.15) is 5.69 Å². The van der Waals surface area contributed by atoms with Crippen LogP contribution >= 0.6 is 0 Å². The normalized spacial score (nSPS) is 9.61. The van der Waals surface area contributed by atoms with E-state index in [2.05, 4.69) is 16.0 Å². The average molecular weight is 312 g/mol. The van der Waals surface area contributed by atoms with Gasteiger partial charge in [0.15, 0.2) is 0 Å². The fourth-order valence-electron chi connectivity index (χ4n) is 1.74. The smallest absolute Gasteiger partial charge is 0.358 e. The summed E-state index contributed by atoms with van der Waals surface area (Å²) in [5.74, 6) is 0. The van der Waals surface area contributed by atoms with Crippen molar-refractivity contribution in [2.45, 2.75) is 6.92 Å². The Bertz CT molecular complexity index is 632. The molecule has 18 heavy (non-hydrogen) atoms. The molecular formula is C14H13N3Y+. The van der Waals surface area contributed by atoms with Gasteiger partial charge in [-0.25, -0.2) is 9.97 Å². The summed E-state index contributed by atoms with van der Waals surface area (Å²) in [6.45, 7) is 1.96. The number of benzene rings is 1. The molecule has 0 N–H and O–H groups in total. The Balaban J connectivity index is 0.000000810. The van der Waals surface area contributed by atoms with Crippen LogP contribution in [0.15, 0.2) is 42.9 Å². The van der Waals surface area contributed by atoms with Crippen molar-refractivity contribution in [2.75, 3.05) is 0 Å². The zero-order chi connectivity index (χ0) is 11.0. The molecule has 2 heterocycles. The largest absolute Gasteiger partial charge is 3.00 e. The molecule has 2 aromatic heterocycles. The first-order valence-electron chi connectivity index (χ1n) is 5.11. The van der Waals surface area contributed by atoms with E-state index in [1.54, 1.807) is 6.33 Å². The number of nitrogens with zero attached hydrogens (tertiary/aromatic N) is 3. The minimum atomic E-state index is 0. The predicted octanol–water partition coefficient (Wildman–Crippen LogP) is 2.95.